The van der Waals surface area contributed by atoms with E-state index in [9.17, 15) is 4.79 Å². The standard InChI is InChI=1S/C14H20BrNO3/c1-14(2,13(17)18)9-4-3-5-10-19-12-8-6-7-11(15)16-12/h6-8H,3-5,9-10H2,1-2H3,(H,17,18). The first-order valence-electron chi connectivity index (χ1n) is 6.40. The van der Waals surface area contributed by atoms with Gasteiger partial charge in [0, 0.05) is 6.07 Å². The second kappa shape index (κ2) is 7.48. The number of pyridine rings is 1. The van der Waals surface area contributed by atoms with Gasteiger partial charge in [0.25, 0.3) is 0 Å². The maximum absolute atomic E-state index is 10.9. The van der Waals surface area contributed by atoms with Crippen molar-refractivity contribution in [2.24, 2.45) is 5.41 Å². The van der Waals surface area contributed by atoms with Crippen LogP contribution in [0.3, 0.4) is 0 Å². The van der Waals surface area contributed by atoms with E-state index in [4.69, 9.17) is 9.84 Å². The van der Waals surface area contributed by atoms with Crippen LogP contribution < -0.4 is 4.74 Å². The zero-order valence-corrected chi connectivity index (χ0v) is 12.9. The van der Waals surface area contributed by atoms with E-state index < -0.39 is 11.4 Å². The van der Waals surface area contributed by atoms with Crippen molar-refractivity contribution in [1.29, 1.82) is 0 Å². The Morgan fingerprint density at radius 3 is 2.74 bits per heavy atom. The van der Waals surface area contributed by atoms with Crippen molar-refractivity contribution in [3.8, 4) is 5.88 Å². The van der Waals surface area contributed by atoms with Gasteiger partial charge in [-0.05, 0) is 48.7 Å². The summed E-state index contributed by atoms with van der Waals surface area (Å²) in [5, 5.41) is 8.98. The number of rotatable bonds is 8. The minimum Gasteiger partial charge on any atom is -0.481 e. The first-order valence-corrected chi connectivity index (χ1v) is 7.20. The Hall–Kier alpha value is -1.10. The Balaban J connectivity index is 2.14. The second-order valence-electron chi connectivity index (χ2n) is 5.15. The number of hydrogen-bond acceptors (Lipinski definition) is 3. The fraction of sp³-hybridized carbons (Fsp3) is 0.571. The summed E-state index contributed by atoms with van der Waals surface area (Å²) in [6.07, 6.45) is 3.46. The average molecular weight is 330 g/mol. The molecule has 1 rings (SSSR count). The Morgan fingerprint density at radius 2 is 2.11 bits per heavy atom. The minimum atomic E-state index is -0.734. The van der Waals surface area contributed by atoms with Crippen LogP contribution in [0, 0.1) is 5.41 Å². The lowest BCUT2D eigenvalue weighted by Gasteiger charge is -2.18. The van der Waals surface area contributed by atoms with Gasteiger partial charge < -0.3 is 9.84 Å². The molecule has 0 aliphatic carbocycles. The van der Waals surface area contributed by atoms with E-state index >= 15 is 0 Å². The van der Waals surface area contributed by atoms with Crippen LogP contribution in [0.5, 0.6) is 5.88 Å². The molecule has 5 heteroatoms. The monoisotopic (exact) mass is 329 g/mol. The number of aliphatic carboxylic acids is 1. The zero-order valence-electron chi connectivity index (χ0n) is 11.4. The van der Waals surface area contributed by atoms with Crippen LogP contribution in [0.1, 0.15) is 39.5 Å². The quantitative estimate of drug-likeness (QED) is 0.580. The van der Waals surface area contributed by atoms with Crippen molar-refractivity contribution in [3.05, 3.63) is 22.8 Å². The molecule has 0 atom stereocenters. The maximum Gasteiger partial charge on any atom is 0.309 e. The lowest BCUT2D eigenvalue weighted by Crippen LogP contribution is -2.23. The topological polar surface area (TPSA) is 59.4 Å². The Labute approximate surface area is 122 Å². The van der Waals surface area contributed by atoms with Crippen LogP contribution in [0.4, 0.5) is 0 Å². The highest BCUT2D eigenvalue weighted by Gasteiger charge is 2.25. The molecule has 106 valence electrons. The van der Waals surface area contributed by atoms with Crippen molar-refractivity contribution in [2.75, 3.05) is 6.61 Å². The van der Waals surface area contributed by atoms with Crippen LogP contribution >= 0.6 is 15.9 Å². The van der Waals surface area contributed by atoms with E-state index in [0.717, 1.165) is 23.9 Å². The predicted molar refractivity (Wildman–Crippen MR) is 77.3 cm³/mol. The molecule has 1 aromatic heterocycles. The van der Waals surface area contributed by atoms with Crippen molar-refractivity contribution in [3.63, 3.8) is 0 Å². The number of carbonyl (C=O) groups is 1. The highest BCUT2D eigenvalue weighted by Crippen LogP contribution is 2.23. The molecule has 0 fully saturated rings. The maximum atomic E-state index is 10.9. The molecular formula is C14H20BrNO3. The highest BCUT2D eigenvalue weighted by molar-refractivity contribution is 9.10. The van der Waals surface area contributed by atoms with Crippen molar-refractivity contribution < 1.29 is 14.6 Å². The number of carboxylic acid groups (broad SMARTS) is 1. The lowest BCUT2D eigenvalue weighted by atomic mass is 9.87. The third-order valence-corrected chi connectivity index (χ3v) is 3.41. The van der Waals surface area contributed by atoms with Gasteiger partial charge in [0.05, 0.1) is 12.0 Å². The summed E-state index contributed by atoms with van der Waals surface area (Å²) in [5.74, 6) is -0.123. The third-order valence-electron chi connectivity index (χ3n) is 2.96. The summed E-state index contributed by atoms with van der Waals surface area (Å²) in [4.78, 5) is 15.1. The van der Waals surface area contributed by atoms with Gasteiger partial charge in [-0.2, -0.15) is 0 Å². The number of carboxylic acids is 1. The molecule has 0 unspecified atom stereocenters. The summed E-state index contributed by atoms with van der Waals surface area (Å²) in [6.45, 7) is 4.13. The molecule has 1 heterocycles. The zero-order chi connectivity index (χ0) is 14.3. The predicted octanol–water partition coefficient (Wildman–Crippen LogP) is 3.89. The molecule has 4 nitrogen and oxygen atoms in total. The molecule has 0 aliphatic heterocycles. The lowest BCUT2D eigenvalue weighted by molar-refractivity contribution is -0.147. The Kier molecular flexibility index (Phi) is 6.28. The summed E-state index contributed by atoms with van der Waals surface area (Å²) in [5.41, 5.74) is -0.632. The van der Waals surface area contributed by atoms with E-state index in [-0.39, 0.29) is 0 Å². The molecule has 0 radical (unpaired) electrons. The van der Waals surface area contributed by atoms with E-state index in [0.29, 0.717) is 18.9 Å². The van der Waals surface area contributed by atoms with E-state index in [1.165, 1.54) is 0 Å². The SMILES string of the molecule is CC(C)(CCCCCOc1cccc(Br)n1)C(=O)O. The van der Waals surface area contributed by atoms with Gasteiger partial charge >= 0.3 is 5.97 Å². The highest BCUT2D eigenvalue weighted by atomic mass is 79.9. The number of hydrogen-bond donors (Lipinski definition) is 1. The molecule has 0 aromatic carbocycles. The Morgan fingerprint density at radius 1 is 1.37 bits per heavy atom. The fourth-order valence-corrected chi connectivity index (χ4v) is 1.93. The van der Waals surface area contributed by atoms with Crippen LogP contribution in [0.15, 0.2) is 22.8 Å². The number of halogens is 1. The molecule has 0 spiro atoms. The molecule has 0 aliphatic rings. The van der Waals surface area contributed by atoms with Gasteiger partial charge in [-0.3, -0.25) is 4.79 Å². The first kappa shape index (κ1) is 16.0. The minimum absolute atomic E-state index is 0.608. The number of unbranched alkanes of at least 4 members (excludes halogenated alkanes) is 2. The van der Waals surface area contributed by atoms with Crippen molar-refractivity contribution in [1.82, 2.24) is 4.98 Å². The number of ether oxygens (including phenoxy) is 1. The van der Waals surface area contributed by atoms with E-state index in [1.807, 2.05) is 18.2 Å². The summed E-state index contributed by atoms with van der Waals surface area (Å²) in [6, 6.07) is 5.54. The molecular weight excluding hydrogens is 310 g/mol. The van der Waals surface area contributed by atoms with Gasteiger partial charge in [-0.25, -0.2) is 4.98 Å². The normalized spacial score (nSPS) is 11.3. The summed E-state index contributed by atoms with van der Waals surface area (Å²) < 4.78 is 6.27. The van der Waals surface area contributed by atoms with Crippen LogP contribution in [0.25, 0.3) is 0 Å². The molecule has 0 amide bonds. The van der Waals surface area contributed by atoms with Crippen LogP contribution in [-0.4, -0.2) is 22.7 Å². The third kappa shape index (κ3) is 6.05. The Bertz CT molecular complexity index is 421. The molecule has 1 N–H and O–H groups in total. The molecule has 0 saturated heterocycles. The molecule has 19 heavy (non-hydrogen) atoms. The molecule has 0 bridgehead atoms. The number of nitrogens with zero attached hydrogens (tertiary/aromatic N) is 1. The van der Waals surface area contributed by atoms with Crippen molar-refractivity contribution >= 4 is 21.9 Å². The summed E-state index contributed by atoms with van der Waals surface area (Å²) in [7, 11) is 0. The average Bonchev–Trinajstić information content (AvgIpc) is 2.33. The van der Waals surface area contributed by atoms with Crippen LogP contribution in [0.2, 0.25) is 0 Å². The largest absolute Gasteiger partial charge is 0.481 e. The van der Waals surface area contributed by atoms with E-state index in [2.05, 4.69) is 20.9 Å². The fourth-order valence-electron chi connectivity index (χ4n) is 1.60. The van der Waals surface area contributed by atoms with Gasteiger partial charge in [-0.15, -0.1) is 0 Å². The van der Waals surface area contributed by atoms with E-state index in [1.54, 1.807) is 13.8 Å². The molecule has 1 aromatic rings. The first-order chi connectivity index (χ1) is 8.92. The number of aromatic nitrogens is 1. The van der Waals surface area contributed by atoms with Gasteiger partial charge in [0.15, 0.2) is 0 Å². The van der Waals surface area contributed by atoms with Gasteiger partial charge in [0.1, 0.15) is 4.60 Å². The second-order valence-corrected chi connectivity index (χ2v) is 5.96. The van der Waals surface area contributed by atoms with Gasteiger partial charge in [-0.1, -0.05) is 18.9 Å². The van der Waals surface area contributed by atoms with Crippen LogP contribution in [-0.2, 0) is 4.79 Å². The van der Waals surface area contributed by atoms with Gasteiger partial charge in [0.2, 0.25) is 5.88 Å². The molecule has 0 saturated carbocycles. The smallest absolute Gasteiger partial charge is 0.309 e. The summed E-state index contributed by atoms with van der Waals surface area (Å²) >= 11 is 3.28. The van der Waals surface area contributed by atoms with Crippen molar-refractivity contribution in [2.45, 2.75) is 39.5 Å².